The van der Waals surface area contributed by atoms with Crippen LogP contribution >= 0.6 is 0 Å². The van der Waals surface area contributed by atoms with Crippen LogP contribution in [-0.2, 0) is 4.79 Å². The Bertz CT molecular complexity index is 679. The quantitative estimate of drug-likeness (QED) is 0.870. The molecule has 0 bridgehead atoms. The highest BCUT2D eigenvalue weighted by Crippen LogP contribution is 2.25. The number of carbonyl (C=O) groups excluding carboxylic acids is 2. The molecule has 1 aromatic carbocycles. The van der Waals surface area contributed by atoms with Gasteiger partial charge in [0.2, 0.25) is 0 Å². The summed E-state index contributed by atoms with van der Waals surface area (Å²) in [5, 5.41) is 11.8. The first-order chi connectivity index (χ1) is 11.0. The molecule has 0 unspecified atom stereocenters. The van der Waals surface area contributed by atoms with E-state index >= 15 is 0 Å². The summed E-state index contributed by atoms with van der Waals surface area (Å²) < 4.78 is 14.1. The summed E-state index contributed by atoms with van der Waals surface area (Å²) in [6.45, 7) is 1.19. The molecule has 8 heteroatoms. The SMILES string of the molecule is O=C(O)[C@H]1CCCN1C(=O)c1cc(N2CCNC2=O)ccc1F. The van der Waals surface area contributed by atoms with E-state index in [0.29, 0.717) is 31.6 Å². The van der Waals surface area contributed by atoms with Crippen molar-refractivity contribution in [2.24, 2.45) is 0 Å². The molecule has 3 rings (SSSR count). The van der Waals surface area contributed by atoms with E-state index in [4.69, 9.17) is 5.11 Å². The average Bonchev–Trinajstić information content (AvgIpc) is 3.16. The summed E-state index contributed by atoms with van der Waals surface area (Å²) in [6.07, 6.45) is 0.926. The number of benzene rings is 1. The fraction of sp³-hybridized carbons (Fsp3) is 0.400. The summed E-state index contributed by atoms with van der Waals surface area (Å²) in [6, 6.07) is 2.62. The Morgan fingerprint density at radius 3 is 2.74 bits per heavy atom. The molecular weight excluding hydrogens is 305 g/mol. The topological polar surface area (TPSA) is 89.9 Å². The van der Waals surface area contributed by atoms with Gasteiger partial charge in [0.1, 0.15) is 11.9 Å². The van der Waals surface area contributed by atoms with Crippen molar-refractivity contribution in [3.8, 4) is 0 Å². The molecule has 2 aliphatic rings. The molecule has 2 saturated heterocycles. The maximum atomic E-state index is 14.1. The highest BCUT2D eigenvalue weighted by molar-refractivity contribution is 6.00. The fourth-order valence-electron chi connectivity index (χ4n) is 2.98. The Labute approximate surface area is 131 Å². The van der Waals surface area contributed by atoms with E-state index in [0.717, 1.165) is 6.07 Å². The van der Waals surface area contributed by atoms with Gasteiger partial charge in [-0.2, -0.15) is 0 Å². The number of hydrogen-bond acceptors (Lipinski definition) is 3. The third-order valence-electron chi connectivity index (χ3n) is 4.15. The Morgan fingerprint density at radius 2 is 2.09 bits per heavy atom. The number of carboxylic acid groups (broad SMARTS) is 1. The summed E-state index contributed by atoms with van der Waals surface area (Å²) in [5.41, 5.74) is 0.200. The van der Waals surface area contributed by atoms with Crippen LogP contribution in [0.5, 0.6) is 0 Å². The molecule has 0 radical (unpaired) electrons. The number of likely N-dealkylation sites (tertiary alicyclic amines) is 1. The molecule has 3 amide bonds. The van der Waals surface area contributed by atoms with Crippen molar-refractivity contribution in [3.05, 3.63) is 29.6 Å². The van der Waals surface area contributed by atoms with E-state index in [1.165, 1.54) is 21.9 Å². The van der Waals surface area contributed by atoms with Crippen LogP contribution in [-0.4, -0.2) is 53.6 Å². The van der Waals surface area contributed by atoms with Crippen LogP contribution in [0.1, 0.15) is 23.2 Å². The minimum atomic E-state index is -1.09. The number of hydrogen-bond donors (Lipinski definition) is 2. The largest absolute Gasteiger partial charge is 0.480 e. The molecule has 2 aliphatic heterocycles. The van der Waals surface area contributed by atoms with Gasteiger partial charge in [-0.3, -0.25) is 9.69 Å². The lowest BCUT2D eigenvalue weighted by molar-refractivity contribution is -0.141. The van der Waals surface area contributed by atoms with Crippen LogP contribution in [0.25, 0.3) is 0 Å². The third kappa shape index (κ3) is 2.71. The van der Waals surface area contributed by atoms with Crippen molar-refractivity contribution in [2.45, 2.75) is 18.9 Å². The number of anilines is 1. The summed E-state index contributed by atoms with van der Waals surface area (Å²) >= 11 is 0. The van der Waals surface area contributed by atoms with Crippen molar-refractivity contribution in [3.63, 3.8) is 0 Å². The second-order valence-electron chi connectivity index (χ2n) is 5.54. The zero-order chi connectivity index (χ0) is 16.6. The molecule has 0 aliphatic carbocycles. The Hall–Kier alpha value is -2.64. The second kappa shape index (κ2) is 5.86. The molecule has 1 aromatic rings. The van der Waals surface area contributed by atoms with Crippen LogP contribution in [0.15, 0.2) is 18.2 Å². The predicted molar refractivity (Wildman–Crippen MR) is 78.8 cm³/mol. The van der Waals surface area contributed by atoms with Crippen LogP contribution in [0.3, 0.4) is 0 Å². The maximum Gasteiger partial charge on any atom is 0.326 e. The zero-order valence-electron chi connectivity index (χ0n) is 12.3. The number of rotatable bonds is 3. The van der Waals surface area contributed by atoms with Gasteiger partial charge in [0.15, 0.2) is 0 Å². The number of carbonyl (C=O) groups is 3. The van der Waals surface area contributed by atoms with Crippen LogP contribution in [0.4, 0.5) is 14.9 Å². The summed E-state index contributed by atoms with van der Waals surface area (Å²) in [5.74, 6) is -2.48. The molecule has 1 atom stereocenters. The second-order valence-corrected chi connectivity index (χ2v) is 5.54. The lowest BCUT2D eigenvalue weighted by Crippen LogP contribution is -2.40. The van der Waals surface area contributed by atoms with Gasteiger partial charge in [-0.15, -0.1) is 0 Å². The van der Waals surface area contributed by atoms with Crippen molar-refractivity contribution >= 4 is 23.6 Å². The number of urea groups is 1. The van der Waals surface area contributed by atoms with Crippen molar-refractivity contribution < 1.29 is 23.9 Å². The Balaban J connectivity index is 1.91. The van der Waals surface area contributed by atoms with E-state index in [1.807, 2.05) is 0 Å². The molecule has 0 aromatic heterocycles. The molecule has 23 heavy (non-hydrogen) atoms. The number of carboxylic acids is 1. The van der Waals surface area contributed by atoms with Gasteiger partial charge in [0, 0.05) is 25.3 Å². The lowest BCUT2D eigenvalue weighted by Gasteiger charge is -2.22. The molecule has 2 heterocycles. The van der Waals surface area contributed by atoms with Gasteiger partial charge in [-0.25, -0.2) is 14.0 Å². The molecule has 0 saturated carbocycles. The minimum absolute atomic E-state index is 0.213. The summed E-state index contributed by atoms with van der Waals surface area (Å²) in [7, 11) is 0. The number of nitrogens with one attached hydrogen (secondary N) is 1. The monoisotopic (exact) mass is 321 g/mol. The van der Waals surface area contributed by atoms with E-state index < -0.39 is 23.7 Å². The Kier molecular flexibility index (Phi) is 3.89. The van der Waals surface area contributed by atoms with E-state index in [1.54, 1.807) is 0 Å². The lowest BCUT2D eigenvalue weighted by atomic mass is 10.1. The maximum absolute atomic E-state index is 14.1. The van der Waals surface area contributed by atoms with E-state index in [-0.39, 0.29) is 18.1 Å². The highest BCUT2D eigenvalue weighted by atomic mass is 19.1. The number of aliphatic carboxylic acids is 1. The average molecular weight is 321 g/mol. The van der Waals surface area contributed by atoms with Crippen LogP contribution < -0.4 is 10.2 Å². The van der Waals surface area contributed by atoms with Gasteiger partial charge < -0.3 is 15.3 Å². The van der Waals surface area contributed by atoms with Gasteiger partial charge in [0.25, 0.3) is 5.91 Å². The number of amides is 3. The van der Waals surface area contributed by atoms with Gasteiger partial charge >= 0.3 is 12.0 Å². The van der Waals surface area contributed by atoms with Crippen molar-refractivity contribution in [1.29, 1.82) is 0 Å². The standard InChI is InChI=1S/C15H16FN3O4/c16-11-4-3-9(18-7-5-17-15(18)23)8-10(11)13(20)19-6-1-2-12(19)14(21)22/h3-4,8,12H,1-2,5-7H2,(H,17,23)(H,21,22)/t12-/m1/s1. The first-order valence-corrected chi connectivity index (χ1v) is 7.37. The van der Waals surface area contributed by atoms with Crippen LogP contribution in [0, 0.1) is 5.82 Å². The molecule has 2 fully saturated rings. The van der Waals surface area contributed by atoms with Gasteiger partial charge in [0.05, 0.1) is 5.56 Å². The van der Waals surface area contributed by atoms with Crippen LogP contribution in [0.2, 0.25) is 0 Å². The normalized spacial score (nSPS) is 20.7. The predicted octanol–water partition coefficient (Wildman–Crippen LogP) is 1.04. The van der Waals surface area contributed by atoms with Crippen molar-refractivity contribution in [2.75, 3.05) is 24.5 Å². The number of nitrogens with zero attached hydrogens (tertiary/aromatic N) is 2. The molecule has 0 spiro atoms. The smallest absolute Gasteiger partial charge is 0.326 e. The Morgan fingerprint density at radius 1 is 1.30 bits per heavy atom. The molecule has 122 valence electrons. The highest BCUT2D eigenvalue weighted by Gasteiger charge is 2.35. The summed E-state index contributed by atoms with van der Waals surface area (Å²) in [4.78, 5) is 38.0. The van der Waals surface area contributed by atoms with E-state index in [2.05, 4.69) is 5.32 Å². The van der Waals surface area contributed by atoms with Crippen molar-refractivity contribution in [1.82, 2.24) is 10.2 Å². The molecular formula is C15H16FN3O4. The first-order valence-electron chi connectivity index (χ1n) is 7.37. The minimum Gasteiger partial charge on any atom is -0.480 e. The van der Waals surface area contributed by atoms with Gasteiger partial charge in [-0.05, 0) is 31.0 Å². The first kappa shape index (κ1) is 15.3. The molecule has 2 N–H and O–H groups in total. The molecule has 7 nitrogen and oxygen atoms in total. The fourth-order valence-corrected chi connectivity index (χ4v) is 2.98. The number of halogens is 1. The zero-order valence-corrected chi connectivity index (χ0v) is 12.3. The third-order valence-corrected chi connectivity index (χ3v) is 4.15. The van der Waals surface area contributed by atoms with Gasteiger partial charge in [-0.1, -0.05) is 0 Å². The van der Waals surface area contributed by atoms with E-state index in [9.17, 15) is 18.8 Å².